The van der Waals surface area contributed by atoms with E-state index < -0.39 is 0 Å². The van der Waals surface area contributed by atoms with Crippen LogP contribution >= 0.6 is 0 Å². The van der Waals surface area contributed by atoms with Crippen molar-refractivity contribution < 1.29 is 14.1 Å². The summed E-state index contributed by atoms with van der Waals surface area (Å²) in [5.41, 5.74) is 2.01. The van der Waals surface area contributed by atoms with Crippen LogP contribution in [0.1, 0.15) is 12.3 Å². The molecule has 0 saturated heterocycles. The molecule has 2 aromatic carbocycles. The summed E-state index contributed by atoms with van der Waals surface area (Å²) >= 11 is 0. The highest BCUT2D eigenvalue weighted by molar-refractivity contribution is 5.93. The standard InChI is InChI=1S/C23H19N7O4/c1-33-15-8-6-14(7-9-15)21-28-20(34-29-21)11-10-19(31)27-17-4-2-3-5-18(17)30-22-16(12-26-30)23(32)25-13-24-22/h2-9,12-13H,10-11H2,1H3,(H,27,31)(H,24,25,32). The molecule has 2 N–H and O–H groups in total. The zero-order valence-corrected chi connectivity index (χ0v) is 18.1. The predicted molar refractivity (Wildman–Crippen MR) is 123 cm³/mol. The zero-order valence-electron chi connectivity index (χ0n) is 18.1. The Labute approximate surface area is 192 Å². The smallest absolute Gasteiger partial charge is 0.261 e. The van der Waals surface area contributed by atoms with Crippen LogP contribution in [0.5, 0.6) is 5.75 Å². The number of nitrogens with zero attached hydrogens (tertiary/aromatic N) is 5. The Morgan fingerprint density at radius 3 is 2.82 bits per heavy atom. The van der Waals surface area contributed by atoms with E-state index in [0.29, 0.717) is 34.1 Å². The normalized spacial score (nSPS) is 11.0. The number of carbonyl (C=O) groups is 1. The van der Waals surface area contributed by atoms with Crippen LogP contribution in [0.15, 0.2) is 70.4 Å². The highest BCUT2D eigenvalue weighted by Gasteiger charge is 2.15. The maximum atomic E-state index is 12.7. The van der Waals surface area contributed by atoms with Gasteiger partial charge in [0.15, 0.2) is 5.65 Å². The second-order valence-electron chi connectivity index (χ2n) is 7.33. The summed E-state index contributed by atoms with van der Waals surface area (Å²) in [6.07, 6.45) is 3.17. The lowest BCUT2D eigenvalue weighted by atomic mass is 10.2. The number of anilines is 1. The molecular formula is C23H19N7O4. The van der Waals surface area contributed by atoms with Crippen molar-refractivity contribution in [3.05, 3.63) is 77.3 Å². The molecule has 0 fully saturated rings. The van der Waals surface area contributed by atoms with Gasteiger partial charge in [0.2, 0.25) is 17.6 Å². The minimum Gasteiger partial charge on any atom is -0.497 e. The van der Waals surface area contributed by atoms with E-state index in [1.807, 2.05) is 30.3 Å². The van der Waals surface area contributed by atoms with Crippen LogP contribution in [0.4, 0.5) is 5.69 Å². The number of aromatic nitrogens is 6. The second-order valence-corrected chi connectivity index (χ2v) is 7.33. The number of ether oxygens (including phenoxy) is 1. The van der Waals surface area contributed by atoms with E-state index in [0.717, 1.165) is 11.3 Å². The van der Waals surface area contributed by atoms with Gasteiger partial charge in [-0.15, -0.1) is 0 Å². The average Bonchev–Trinajstić information content (AvgIpc) is 3.51. The fourth-order valence-electron chi connectivity index (χ4n) is 3.44. The Morgan fingerprint density at radius 1 is 1.18 bits per heavy atom. The van der Waals surface area contributed by atoms with E-state index in [2.05, 4.69) is 30.5 Å². The van der Waals surface area contributed by atoms with Gasteiger partial charge in [-0.1, -0.05) is 17.3 Å². The van der Waals surface area contributed by atoms with Crippen LogP contribution < -0.4 is 15.6 Å². The molecule has 0 bridgehead atoms. The van der Waals surface area contributed by atoms with Gasteiger partial charge in [0.1, 0.15) is 11.1 Å². The molecule has 11 nitrogen and oxygen atoms in total. The van der Waals surface area contributed by atoms with Crippen LogP contribution in [-0.2, 0) is 11.2 Å². The average molecular weight is 457 g/mol. The number of aryl methyl sites for hydroxylation is 1. The first kappa shape index (κ1) is 21.1. The van der Waals surface area contributed by atoms with Crippen LogP contribution in [-0.4, -0.2) is 42.9 Å². The third-order valence-electron chi connectivity index (χ3n) is 5.16. The first-order chi connectivity index (χ1) is 16.6. The van der Waals surface area contributed by atoms with Crippen molar-refractivity contribution in [2.45, 2.75) is 12.8 Å². The molecule has 0 aliphatic rings. The molecule has 0 aliphatic carbocycles. The van der Waals surface area contributed by atoms with E-state index >= 15 is 0 Å². The van der Waals surface area contributed by atoms with Gasteiger partial charge in [0.25, 0.3) is 5.56 Å². The molecule has 0 aliphatic heterocycles. The summed E-state index contributed by atoms with van der Waals surface area (Å²) in [5, 5.41) is 11.5. The molecule has 0 saturated carbocycles. The number of fused-ring (bicyclic) bond motifs is 1. The van der Waals surface area contributed by atoms with E-state index in [1.54, 1.807) is 25.3 Å². The third-order valence-corrected chi connectivity index (χ3v) is 5.16. The molecule has 3 aromatic heterocycles. The summed E-state index contributed by atoms with van der Waals surface area (Å²) < 4.78 is 12.0. The molecule has 5 aromatic rings. The number of amides is 1. The Balaban J connectivity index is 1.28. The van der Waals surface area contributed by atoms with E-state index in [9.17, 15) is 9.59 Å². The van der Waals surface area contributed by atoms with Crippen molar-refractivity contribution >= 4 is 22.6 Å². The van der Waals surface area contributed by atoms with Gasteiger partial charge >= 0.3 is 0 Å². The summed E-state index contributed by atoms with van der Waals surface area (Å²) in [6, 6.07) is 14.4. The van der Waals surface area contributed by atoms with Crippen LogP contribution in [0.3, 0.4) is 0 Å². The van der Waals surface area contributed by atoms with Gasteiger partial charge in [0.05, 0.1) is 31.0 Å². The quantitative estimate of drug-likeness (QED) is 0.380. The Kier molecular flexibility index (Phi) is 5.56. The Hall–Kier alpha value is -4.80. The SMILES string of the molecule is COc1ccc(-c2noc(CCC(=O)Nc3ccccc3-n3ncc4c(=O)[nH]cnc43)n2)cc1. The Bertz CT molecular complexity index is 1520. The summed E-state index contributed by atoms with van der Waals surface area (Å²) in [6.45, 7) is 0. The molecule has 0 unspecified atom stereocenters. The molecule has 11 heteroatoms. The number of nitrogens with one attached hydrogen (secondary N) is 2. The van der Waals surface area contributed by atoms with Crippen molar-refractivity contribution in [1.29, 1.82) is 0 Å². The molecule has 170 valence electrons. The number of H-pyrrole nitrogens is 1. The molecule has 1 amide bonds. The van der Waals surface area contributed by atoms with Gasteiger partial charge in [-0.2, -0.15) is 10.1 Å². The number of aromatic amines is 1. The number of carbonyl (C=O) groups excluding carboxylic acids is 1. The van der Waals surface area contributed by atoms with Gasteiger partial charge in [-0.25, -0.2) is 9.67 Å². The largest absolute Gasteiger partial charge is 0.497 e. The summed E-state index contributed by atoms with van der Waals surface area (Å²) in [7, 11) is 1.60. The van der Waals surface area contributed by atoms with Crippen molar-refractivity contribution in [2.75, 3.05) is 12.4 Å². The maximum Gasteiger partial charge on any atom is 0.261 e. The fraction of sp³-hybridized carbons (Fsp3) is 0.130. The van der Waals surface area contributed by atoms with Crippen LogP contribution in [0, 0.1) is 0 Å². The molecule has 3 heterocycles. The van der Waals surface area contributed by atoms with Crippen molar-refractivity contribution in [2.24, 2.45) is 0 Å². The van der Waals surface area contributed by atoms with E-state index in [-0.39, 0.29) is 24.3 Å². The monoisotopic (exact) mass is 457 g/mol. The first-order valence-corrected chi connectivity index (χ1v) is 10.4. The fourth-order valence-corrected chi connectivity index (χ4v) is 3.44. The highest BCUT2D eigenvalue weighted by atomic mass is 16.5. The van der Waals surface area contributed by atoms with Crippen molar-refractivity contribution in [3.63, 3.8) is 0 Å². The van der Waals surface area contributed by atoms with Gasteiger partial charge in [-0.05, 0) is 36.4 Å². The number of hydrogen-bond donors (Lipinski definition) is 2. The van der Waals surface area contributed by atoms with Gasteiger partial charge < -0.3 is 19.6 Å². The van der Waals surface area contributed by atoms with Crippen LogP contribution in [0.2, 0.25) is 0 Å². The lowest BCUT2D eigenvalue weighted by Crippen LogP contribution is -2.15. The van der Waals surface area contributed by atoms with Crippen LogP contribution in [0.25, 0.3) is 28.1 Å². The Morgan fingerprint density at radius 2 is 2.00 bits per heavy atom. The van der Waals surface area contributed by atoms with Gasteiger partial charge in [-0.3, -0.25) is 9.59 Å². The molecule has 0 atom stereocenters. The van der Waals surface area contributed by atoms with Crippen molar-refractivity contribution in [3.8, 4) is 22.8 Å². The lowest BCUT2D eigenvalue weighted by molar-refractivity contribution is -0.116. The zero-order chi connectivity index (χ0) is 23.5. The lowest BCUT2D eigenvalue weighted by Gasteiger charge is -2.11. The van der Waals surface area contributed by atoms with E-state index in [1.165, 1.54) is 17.2 Å². The molecule has 0 radical (unpaired) electrons. The van der Waals surface area contributed by atoms with E-state index in [4.69, 9.17) is 9.26 Å². The second kappa shape index (κ2) is 8.98. The highest BCUT2D eigenvalue weighted by Crippen LogP contribution is 2.23. The molecule has 0 spiro atoms. The minimum atomic E-state index is -0.286. The molecule has 34 heavy (non-hydrogen) atoms. The topological polar surface area (TPSA) is 141 Å². The summed E-state index contributed by atoms with van der Waals surface area (Å²) in [4.78, 5) is 35.7. The summed E-state index contributed by atoms with van der Waals surface area (Å²) in [5.74, 6) is 1.29. The number of benzene rings is 2. The molecular weight excluding hydrogens is 438 g/mol. The number of methoxy groups -OCH3 is 1. The molecule has 5 rings (SSSR count). The predicted octanol–water partition coefficient (Wildman–Crippen LogP) is 2.74. The number of para-hydroxylation sites is 2. The first-order valence-electron chi connectivity index (χ1n) is 10.4. The number of hydrogen-bond acceptors (Lipinski definition) is 8. The van der Waals surface area contributed by atoms with Gasteiger partial charge in [0, 0.05) is 18.4 Å². The minimum absolute atomic E-state index is 0.135. The van der Waals surface area contributed by atoms with Crippen molar-refractivity contribution in [1.82, 2.24) is 29.9 Å². The number of rotatable bonds is 7. The maximum absolute atomic E-state index is 12.7. The third kappa shape index (κ3) is 4.13.